The van der Waals surface area contributed by atoms with E-state index in [1.54, 1.807) is 13.8 Å². The van der Waals surface area contributed by atoms with Crippen LogP contribution in [0.4, 0.5) is 0 Å². The number of benzene rings is 1. The van der Waals surface area contributed by atoms with Gasteiger partial charge in [-0.05, 0) is 26.8 Å². The highest BCUT2D eigenvalue weighted by atomic mass is 16.5. The fraction of sp³-hybridized carbons (Fsp3) is 0.500. The van der Waals surface area contributed by atoms with Crippen LogP contribution >= 0.6 is 0 Å². The number of aryl methyl sites for hydroxylation is 1. The molecule has 84 valence electrons. The third-order valence-corrected chi connectivity index (χ3v) is 2.38. The van der Waals surface area contributed by atoms with Crippen LogP contribution in [0.25, 0.3) is 0 Å². The average Bonchev–Trinajstić information content (AvgIpc) is 2.20. The van der Waals surface area contributed by atoms with E-state index in [0.29, 0.717) is 5.75 Å². The molecule has 0 bridgehead atoms. The van der Waals surface area contributed by atoms with Crippen molar-refractivity contribution in [2.45, 2.75) is 39.6 Å². The Morgan fingerprint density at radius 2 is 2.00 bits per heavy atom. The summed E-state index contributed by atoms with van der Waals surface area (Å²) >= 11 is 0. The Morgan fingerprint density at radius 3 is 2.53 bits per heavy atom. The number of ether oxygens (including phenoxy) is 1. The van der Waals surface area contributed by atoms with Crippen LogP contribution in [0.15, 0.2) is 18.2 Å². The Bertz CT molecular complexity index is 321. The second-order valence-corrected chi connectivity index (χ2v) is 3.83. The SMILES string of the molecule is Cc1ccc(OC(C)C(C)O)c(CO)c1. The van der Waals surface area contributed by atoms with Gasteiger partial charge in [-0.25, -0.2) is 0 Å². The first-order valence-electron chi connectivity index (χ1n) is 5.09. The summed E-state index contributed by atoms with van der Waals surface area (Å²) in [4.78, 5) is 0. The highest BCUT2D eigenvalue weighted by Crippen LogP contribution is 2.21. The Morgan fingerprint density at radius 1 is 1.33 bits per heavy atom. The van der Waals surface area contributed by atoms with E-state index < -0.39 is 6.10 Å². The van der Waals surface area contributed by atoms with Crippen molar-refractivity contribution >= 4 is 0 Å². The van der Waals surface area contributed by atoms with Gasteiger partial charge in [0.2, 0.25) is 0 Å². The van der Waals surface area contributed by atoms with Gasteiger partial charge >= 0.3 is 0 Å². The lowest BCUT2D eigenvalue weighted by molar-refractivity contribution is 0.0589. The number of aliphatic hydroxyl groups excluding tert-OH is 2. The molecule has 0 radical (unpaired) electrons. The normalized spacial score (nSPS) is 14.7. The predicted molar refractivity (Wildman–Crippen MR) is 58.9 cm³/mol. The van der Waals surface area contributed by atoms with E-state index in [2.05, 4.69) is 0 Å². The fourth-order valence-corrected chi connectivity index (χ4v) is 1.25. The van der Waals surface area contributed by atoms with Crippen LogP contribution in [0.3, 0.4) is 0 Å². The highest BCUT2D eigenvalue weighted by molar-refractivity contribution is 5.36. The summed E-state index contributed by atoms with van der Waals surface area (Å²) in [5.41, 5.74) is 1.83. The third kappa shape index (κ3) is 3.22. The zero-order valence-electron chi connectivity index (χ0n) is 9.40. The molecule has 0 aliphatic rings. The predicted octanol–water partition coefficient (Wildman–Crippen LogP) is 1.64. The Balaban J connectivity index is 2.84. The molecule has 1 rings (SSSR count). The first-order valence-corrected chi connectivity index (χ1v) is 5.09. The molecule has 0 aliphatic carbocycles. The second-order valence-electron chi connectivity index (χ2n) is 3.83. The van der Waals surface area contributed by atoms with Gasteiger partial charge in [0.15, 0.2) is 0 Å². The van der Waals surface area contributed by atoms with Crippen molar-refractivity contribution in [2.24, 2.45) is 0 Å². The van der Waals surface area contributed by atoms with Crippen molar-refractivity contribution in [2.75, 3.05) is 0 Å². The van der Waals surface area contributed by atoms with E-state index >= 15 is 0 Å². The highest BCUT2D eigenvalue weighted by Gasteiger charge is 2.12. The summed E-state index contributed by atoms with van der Waals surface area (Å²) in [6, 6.07) is 5.62. The van der Waals surface area contributed by atoms with Crippen molar-refractivity contribution in [1.82, 2.24) is 0 Å². The largest absolute Gasteiger partial charge is 0.488 e. The van der Waals surface area contributed by atoms with Crippen LogP contribution in [-0.2, 0) is 6.61 Å². The molecule has 0 aromatic heterocycles. The fourth-order valence-electron chi connectivity index (χ4n) is 1.25. The molecule has 0 fully saturated rings. The molecule has 15 heavy (non-hydrogen) atoms. The quantitative estimate of drug-likeness (QED) is 0.794. The van der Waals surface area contributed by atoms with E-state index in [-0.39, 0.29) is 12.7 Å². The zero-order valence-corrected chi connectivity index (χ0v) is 9.40. The summed E-state index contributed by atoms with van der Waals surface area (Å²) in [5, 5.41) is 18.5. The molecule has 0 saturated carbocycles. The van der Waals surface area contributed by atoms with Gasteiger partial charge in [-0.15, -0.1) is 0 Å². The Kier molecular flexibility index (Phi) is 4.12. The van der Waals surface area contributed by atoms with Crippen molar-refractivity contribution in [3.05, 3.63) is 29.3 Å². The van der Waals surface area contributed by atoms with Gasteiger partial charge < -0.3 is 14.9 Å². The van der Waals surface area contributed by atoms with Crippen molar-refractivity contribution < 1.29 is 14.9 Å². The van der Waals surface area contributed by atoms with Crippen LogP contribution < -0.4 is 4.74 Å². The molecule has 0 saturated heterocycles. The molecule has 0 aliphatic heterocycles. The summed E-state index contributed by atoms with van der Waals surface area (Å²) in [6.45, 7) is 5.38. The maximum absolute atomic E-state index is 9.31. The number of hydrogen-bond acceptors (Lipinski definition) is 3. The molecule has 0 spiro atoms. The van der Waals surface area contributed by atoms with E-state index in [1.807, 2.05) is 25.1 Å². The van der Waals surface area contributed by atoms with Crippen LogP contribution in [0.1, 0.15) is 25.0 Å². The van der Waals surface area contributed by atoms with Crippen molar-refractivity contribution in [3.63, 3.8) is 0 Å². The van der Waals surface area contributed by atoms with Crippen molar-refractivity contribution in [1.29, 1.82) is 0 Å². The van der Waals surface area contributed by atoms with Crippen LogP contribution in [0.5, 0.6) is 5.75 Å². The monoisotopic (exact) mass is 210 g/mol. The van der Waals surface area contributed by atoms with Crippen molar-refractivity contribution in [3.8, 4) is 5.75 Å². The first-order chi connectivity index (χ1) is 7.04. The molecule has 2 atom stereocenters. The lowest BCUT2D eigenvalue weighted by Crippen LogP contribution is -2.26. The summed E-state index contributed by atoms with van der Waals surface area (Å²) in [6.07, 6.45) is -0.809. The molecule has 0 heterocycles. The minimum Gasteiger partial charge on any atom is -0.488 e. The van der Waals surface area contributed by atoms with Crippen LogP contribution in [-0.4, -0.2) is 22.4 Å². The summed E-state index contributed by atoms with van der Waals surface area (Å²) < 4.78 is 5.54. The molecule has 3 nitrogen and oxygen atoms in total. The number of rotatable bonds is 4. The summed E-state index contributed by atoms with van der Waals surface area (Å²) in [7, 11) is 0. The Hall–Kier alpha value is -1.06. The van der Waals surface area contributed by atoms with Gasteiger partial charge in [-0.3, -0.25) is 0 Å². The topological polar surface area (TPSA) is 49.7 Å². The maximum Gasteiger partial charge on any atom is 0.125 e. The third-order valence-electron chi connectivity index (χ3n) is 2.38. The first kappa shape index (κ1) is 12.0. The number of hydrogen-bond donors (Lipinski definition) is 2. The van der Waals surface area contributed by atoms with Gasteiger partial charge in [0.25, 0.3) is 0 Å². The van der Waals surface area contributed by atoms with Gasteiger partial charge in [-0.2, -0.15) is 0 Å². The molecule has 1 aromatic carbocycles. The maximum atomic E-state index is 9.31. The molecule has 2 N–H and O–H groups in total. The van der Waals surface area contributed by atoms with E-state index in [1.165, 1.54) is 0 Å². The zero-order chi connectivity index (χ0) is 11.4. The second kappa shape index (κ2) is 5.14. The molecule has 0 amide bonds. The van der Waals surface area contributed by atoms with Crippen LogP contribution in [0.2, 0.25) is 0 Å². The minimum atomic E-state index is -0.530. The van der Waals surface area contributed by atoms with E-state index in [0.717, 1.165) is 11.1 Å². The molecule has 3 heteroatoms. The van der Waals surface area contributed by atoms with Gasteiger partial charge in [-0.1, -0.05) is 17.7 Å². The average molecular weight is 210 g/mol. The lowest BCUT2D eigenvalue weighted by atomic mass is 10.1. The minimum absolute atomic E-state index is 0.0520. The molecule has 2 unspecified atom stereocenters. The standard InChI is InChI=1S/C12H18O3/c1-8-4-5-12(11(6-8)7-13)15-10(3)9(2)14/h4-6,9-10,13-14H,7H2,1-3H3. The van der Waals surface area contributed by atoms with E-state index in [9.17, 15) is 5.11 Å². The van der Waals surface area contributed by atoms with Crippen LogP contribution in [0, 0.1) is 6.92 Å². The van der Waals surface area contributed by atoms with Gasteiger partial charge in [0.05, 0.1) is 12.7 Å². The summed E-state index contributed by atoms with van der Waals surface area (Å²) in [5.74, 6) is 0.636. The van der Waals surface area contributed by atoms with Gasteiger partial charge in [0.1, 0.15) is 11.9 Å². The molecule has 1 aromatic rings. The molecular weight excluding hydrogens is 192 g/mol. The number of aliphatic hydroxyl groups is 2. The van der Waals surface area contributed by atoms with E-state index in [4.69, 9.17) is 9.84 Å². The molecular formula is C12H18O3. The van der Waals surface area contributed by atoms with Gasteiger partial charge in [0, 0.05) is 5.56 Å². The lowest BCUT2D eigenvalue weighted by Gasteiger charge is -2.19. The Labute approximate surface area is 90.3 Å². The smallest absolute Gasteiger partial charge is 0.125 e.